The van der Waals surface area contributed by atoms with Gasteiger partial charge in [-0.3, -0.25) is 0 Å². The standard InChI is InChI=1S/C8H16F2O/c1-3-4-5-7(11)8(10)6(2)9/h6-8,11H,3-5H2,1-2H3. The summed E-state index contributed by atoms with van der Waals surface area (Å²) >= 11 is 0. The molecule has 3 atom stereocenters. The minimum absolute atomic E-state index is 0.353. The van der Waals surface area contributed by atoms with E-state index in [9.17, 15) is 8.78 Å². The summed E-state index contributed by atoms with van der Waals surface area (Å²) in [6, 6.07) is 0. The second kappa shape index (κ2) is 5.47. The zero-order valence-corrected chi connectivity index (χ0v) is 7.06. The molecule has 0 aromatic heterocycles. The number of unbranched alkanes of at least 4 members (excludes halogenated alkanes) is 1. The fourth-order valence-electron chi connectivity index (χ4n) is 0.879. The summed E-state index contributed by atoms with van der Waals surface area (Å²) in [4.78, 5) is 0. The van der Waals surface area contributed by atoms with Gasteiger partial charge in [-0.1, -0.05) is 19.8 Å². The Hall–Kier alpha value is -0.180. The molecule has 3 unspecified atom stereocenters. The lowest BCUT2D eigenvalue weighted by Gasteiger charge is -2.15. The second-order valence-corrected chi connectivity index (χ2v) is 2.83. The Balaban J connectivity index is 3.55. The Labute approximate surface area is 66.4 Å². The quantitative estimate of drug-likeness (QED) is 0.664. The smallest absolute Gasteiger partial charge is 0.157 e. The molecule has 0 aliphatic rings. The maximum atomic E-state index is 12.6. The van der Waals surface area contributed by atoms with Crippen LogP contribution in [0.1, 0.15) is 33.1 Å². The number of hydrogen-bond acceptors (Lipinski definition) is 1. The molecule has 0 aliphatic heterocycles. The first-order valence-electron chi connectivity index (χ1n) is 4.05. The largest absolute Gasteiger partial charge is 0.390 e. The topological polar surface area (TPSA) is 20.2 Å². The van der Waals surface area contributed by atoms with Crippen LogP contribution >= 0.6 is 0 Å². The van der Waals surface area contributed by atoms with Gasteiger partial charge >= 0.3 is 0 Å². The van der Waals surface area contributed by atoms with Crippen LogP contribution in [0.25, 0.3) is 0 Å². The summed E-state index contributed by atoms with van der Waals surface area (Å²) < 4.78 is 24.9. The third-order valence-corrected chi connectivity index (χ3v) is 1.66. The van der Waals surface area contributed by atoms with Crippen molar-refractivity contribution in [2.24, 2.45) is 0 Å². The van der Waals surface area contributed by atoms with Crippen molar-refractivity contribution in [1.82, 2.24) is 0 Å². The summed E-state index contributed by atoms with van der Waals surface area (Å²) in [5.74, 6) is 0. The van der Waals surface area contributed by atoms with Crippen LogP contribution in [-0.4, -0.2) is 23.6 Å². The number of rotatable bonds is 5. The van der Waals surface area contributed by atoms with Crippen molar-refractivity contribution < 1.29 is 13.9 Å². The third-order valence-electron chi connectivity index (χ3n) is 1.66. The predicted molar refractivity (Wildman–Crippen MR) is 41.0 cm³/mol. The molecule has 0 heterocycles. The summed E-state index contributed by atoms with van der Waals surface area (Å²) in [5.41, 5.74) is 0. The van der Waals surface area contributed by atoms with Gasteiger partial charge in [-0.05, 0) is 13.3 Å². The monoisotopic (exact) mass is 166 g/mol. The van der Waals surface area contributed by atoms with Crippen LogP contribution in [0.4, 0.5) is 8.78 Å². The summed E-state index contributed by atoms with van der Waals surface area (Å²) in [6.07, 6.45) is -2.43. The highest BCUT2D eigenvalue weighted by Crippen LogP contribution is 2.13. The molecule has 11 heavy (non-hydrogen) atoms. The molecular formula is C8H16F2O. The first-order chi connectivity index (χ1) is 5.09. The molecule has 0 aromatic carbocycles. The molecule has 0 saturated heterocycles. The van der Waals surface area contributed by atoms with Gasteiger partial charge in [0.15, 0.2) is 6.17 Å². The molecule has 0 fully saturated rings. The fraction of sp³-hybridized carbons (Fsp3) is 1.00. The van der Waals surface area contributed by atoms with Crippen LogP contribution in [0, 0.1) is 0 Å². The Morgan fingerprint density at radius 2 is 1.91 bits per heavy atom. The molecular weight excluding hydrogens is 150 g/mol. The van der Waals surface area contributed by atoms with Gasteiger partial charge in [0.2, 0.25) is 0 Å². The first-order valence-corrected chi connectivity index (χ1v) is 4.05. The Morgan fingerprint density at radius 1 is 1.36 bits per heavy atom. The van der Waals surface area contributed by atoms with Crippen LogP contribution in [0.5, 0.6) is 0 Å². The molecule has 1 N–H and O–H groups in total. The van der Waals surface area contributed by atoms with Crippen LogP contribution in [-0.2, 0) is 0 Å². The molecule has 3 heteroatoms. The minimum Gasteiger partial charge on any atom is -0.390 e. The summed E-state index contributed by atoms with van der Waals surface area (Å²) in [6.45, 7) is 3.07. The molecule has 0 bridgehead atoms. The Morgan fingerprint density at radius 3 is 2.27 bits per heavy atom. The first kappa shape index (κ1) is 10.8. The van der Waals surface area contributed by atoms with E-state index in [1.807, 2.05) is 6.92 Å². The van der Waals surface area contributed by atoms with Crippen LogP contribution in [0.15, 0.2) is 0 Å². The van der Waals surface area contributed by atoms with Gasteiger partial charge in [-0.2, -0.15) is 0 Å². The lowest BCUT2D eigenvalue weighted by atomic mass is 10.1. The maximum absolute atomic E-state index is 12.6. The molecule has 0 amide bonds. The van der Waals surface area contributed by atoms with Crippen molar-refractivity contribution in [2.75, 3.05) is 0 Å². The molecule has 0 aliphatic carbocycles. The van der Waals surface area contributed by atoms with Crippen LogP contribution < -0.4 is 0 Å². The van der Waals surface area contributed by atoms with Gasteiger partial charge in [-0.15, -0.1) is 0 Å². The van der Waals surface area contributed by atoms with E-state index in [-0.39, 0.29) is 0 Å². The minimum atomic E-state index is -1.72. The zero-order valence-electron chi connectivity index (χ0n) is 7.06. The van der Waals surface area contributed by atoms with Gasteiger partial charge in [0.1, 0.15) is 6.17 Å². The van der Waals surface area contributed by atoms with E-state index in [0.29, 0.717) is 6.42 Å². The summed E-state index contributed by atoms with van der Waals surface area (Å²) in [5, 5.41) is 9.00. The fourth-order valence-corrected chi connectivity index (χ4v) is 0.879. The van der Waals surface area contributed by atoms with Crippen molar-refractivity contribution in [2.45, 2.75) is 51.6 Å². The SMILES string of the molecule is CCCCC(O)C(F)C(C)F. The van der Waals surface area contributed by atoms with E-state index in [0.717, 1.165) is 19.8 Å². The zero-order chi connectivity index (χ0) is 8.85. The number of halogens is 2. The van der Waals surface area contributed by atoms with Crippen molar-refractivity contribution in [3.05, 3.63) is 0 Å². The Kier molecular flexibility index (Phi) is 5.38. The molecule has 0 radical (unpaired) electrons. The van der Waals surface area contributed by atoms with Crippen LogP contribution in [0.2, 0.25) is 0 Å². The molecule has 0 spiro atoms. The second-order valence-electron chi connectivity index (χ2n) is 2.83. The number of aliphatic hydroxyl groups is 1. The molecule has 0 saturated carbocycles. The van der Waals surface area contributed by atoms with E-state index in [1.165, 1.54) is 0 Å². The van der Waals surface area contributed by atoms with Crippen molar-refractivity contribution in [1.29, 1.82) is 0 Å². The van der Waals surface area contributed by atoms with Crippen molar-refractivity contribution >= 4 is 0 Å². The highest BCUT2D eigenvalue weighted by Gasteiger charge is 2.23. The molecule has 1 nitrogen and oxygen atoms in total. The van der Waals surface area contributed by atoms with E-state index in [4.69, 9.17) is 5.11 Å². The normalized spacial score (nSPS) is 19.4. The van der Waals surface area contributed by atoms with Gasteiger partial charge in [0.05, 0.1) is 6.10 Å². The summed E-state index contributed by atoms with van der Waals surface area (Å²) in [7, 11) is 0. The van der Waals surface area contributed by atoms with Crippen molar-refractivity contribution in [3.8, 4) is 0 Å². The number of aliphatic hydroxyl groups excluding tert-OH is 1. The maximum Gasteiger partial charge on any atom is 0.157 e. The number of hydrogen-bond donors (Lipinski definition) is 1. The highest BCUT2D eigenvalue weighted by molar-refractivity contribution is 4.72. The van der Waals surface area contributed by atoms with E-state index < -0.39 is 18.4 Å². The van der Waals surface area contributed by atoms with E-state index in [1.54, 1.807) is 0 Å². The Bertz CT molecular complexity index is 96.1. The molecule has 68 valence electrons. The highest BCUT2D eigenvalue weighted by atomic mass is 19.2. The number of alkyl halides is 2. The third kappa shape index (κ3) is 4.30. The lowest BCUT2D eigenvalue weighted by Crippen LogP contribution is -2.29. The van der Waals surface area contributed by atoms with E-state index >= 15 is 0 Å². The molecule has 0 rings (SSSR count). The predicted octanol–water partition coefficient (Wildman–Crippen LogP) is 2.23. The molecule has 0 aromatic rings. The van der Waals surface area contributed by atoms with Crippen molar-refractivity contribution in [3.63, 3.8) is 0 Å². The van der Waals surface area contributed by atoms with Gasteiger partial charge in [-0.25, -0.2) is 8.78 Å². The lowest BCUT2D eigenvalue weighted by molar-refractivity contribution is 0.0264. The average molecular weight is 166 g/mol. The average Bonchev–Trinajstić information content (AvgIpc) is 1.98. The van der Waals surface area contributed by atoms with Crippen LogP contribution in [0.3, 0.4) is 0 Å². The van der Waals surface area contributed by atoms with E-state index in [2.05, 4.69) is 0 Å². The van der Waals surface area contributed by atoms with Gasteiger partial charge in [0.25, 0.3) is 0 Å². The van der Waals surface area contributed by atoms with Gasteiger partial charge < -0.3 is 5.11 Å². The van der Waals surface area contributed by atoms with Gasteiger partial charge in [0, 0.05) is 0 Å².